The average Bonchev–Trinajstić information content (AvgIpc) is 3.01. The van der Waals surface area contributed by atoms with Gasteiger partial charge in [-0.2, -0.15) is 13.2 Å². The lowest BCUT2D eigenvalue weighted by molar-refractivity contribution is -0.137. The quantitative estimate of drug-likeness (QED) is 0.526. The number of hydrogen-bond donors (Lipinski definition) is 1. The molecule has 1 aromatic rings. The highest BCUT2D eigenvalue weighted by molar-refractivity contribution is 6.68. The predicted molar refractivity (Wildman–Crippen MR) is 112 cm³/mol. The number of nitrogens with zero attached hydrogens (tertiary/aromatic N) is 1. The molecule has 174 valence electrons. The van der Waals surface area contributed by atoms with Gasteiger partial charge in [-0.15, -0.1) is 0 Å². The molecule has 1 fully saturated rings. The zero-order valence-electron chi connectivity index (χ0n) is 17.0. The van der Waals surface area contributed by atoms with Gasteiger partial charge in [0, 0.05) is 13.0 Å². The Balaban J connectivity index is 2.16. The molecule has 0 unspecified atom stereocenters. The molecule has 6 nitrogen and oxygen atoms in total. The summed E-state index contributed by atoms with van der Waals surface area (Å²) in [5.74, 6) is -0.798. The van der Waals surface area contributed by atoms with Gasteiger partial charge in [0.15, 0.2) is 3.79 Å². The molecular weight excluding hydrogens is 484 g/mol. The van der Waals surface area contributed by atoms with Crippen LogP contribution in [0.2, 0.25) is 0 Å². The van der Waals surface area contributed by atoms with Crippen molar-refractivity contribution in [3.05, 3.63) is 23.8 Å². The zero-order chi connectivity index (χ0) is 23.6. The Hall–Kier alpha value is -1.58. The Bertz CT molecular complexity index is 823. The van der Waals surface area contributed by atoms with Crippen LogP contribution in [0.4, 0.5) is 23.7 Å². The Labute approximate surface area is 192 Å². The second-order valence-corrected chi connectivity index (χ2v) is 10.5. The smallest absolute Gasteiger partial charge is 0.416 e. The van der Waals surface area contributed by atoms with E-state index in [0.29, 0.717) is 13.0 Å². The summed E-state index contributed by atoms with van der Waals surface area (Å²) < 4.78 is 48.5. The van der Waals surface area contributed by atoms with E-state index < -0.39 is 45.7 Å². The third kappa shape index (κ3) is 8.46. The van der Waals surface area contributed by atoms with Crippen molar-refractivity contribution in [1.82, 2.24) is 4.90 Å². The van der Waals surface area contributed by atoms with Crippen molar-refractivity contribution in [2.45, 2.75) is 55.3 Å². The minimum atomic E-state index is -4.63. The molecule has 12 heteroatoms. The Morgan fingerprint density at radius 2 is 1.84 bits per heavy atom. The van der Waals surface area contributed by atoms with Crippen LogP contribution >= 0.6 is 34.8 Å². The van der Waals surface area contributed by atoms with Crippen LogP contribution in [0.3, 0.4) is 0 Å². The molecule has 0 spiro atoms. The van der Waals surface area contributed by atoms with Crippen molar-refractivity contribution >= 4 is 52.5 Å². The summed E-state index contributed by atoms with van der Waals surface area (Å²) in [6, 6.07) is 2.68. The summed E-state index contributed by atoms with van der Waals surface area (Å²) in [7, 11) is 0. The van der Waals surface area contributed by atoms with E-state index in [1.807, 2.05) is 0 Å². The number of halogens is 6. The molecule has 1 aliphatic rings. The third-order valence-corrected chi connectivity index (χ3v) is 4.43. The number of nitrogens with one attached hydrogen (secondary N) is 1. The molecule has 1 aliphatic heterocycles. The second-order valence-electron chi connectivity index (χ2n) is 8.00. The maximum atomic E-state index is 13.1. The van der Waals surface area contributed by atoms with Crippen LogP contribution in [0, 0.1) is 0 Å². The molecule has 1 atom stereocenters. The van der Waals surface area contributed by atoms with E-state index in [0.717, 1.165) is 18.2 Å². The maximum Gasteiger partial charge on any atom is 0.416 e. The number of alkyl halides is 6. The number of carbonyl (C=O) groups excluding carboxylic acids is 2. The van der Waals surface area contributed by atoms with Gasteiger partial charge in [0.2, 0.25) is 5.91 Å². The van der Waals surface area contributed by atoms with Crippen LogP contribution in [0.1, 0.15) is 39.2 Å². The van der Waals surface area contributed by atoms with Crippen LogP contribution < -0.4 is 10.1 Å². The van der Waals surface area contributed by atoms with Crippen LogP contribution in [0.5, 0.6) is 5.75 Å². The first kappa shape index (κ1) is 25.7. The molecule has 2 amide bonds. The van der Waals surface area contributed by atoms with Gasteiger partial charge in [-0.1, -0.05) is 34.8 Å². The Morgan fingerprint density at radius 3 is 2.39 bits per heavy atom. The van der Waals surface area contributed by atoms with E-state index >= 15 is 0 Å². The molecular formula is C19H22Cl3F3N2O4. The SMILES string of the molecule is CC(C)(C)OC(=O)N1CC[C@@H](Oc2ccc(C(F)(F)F)cc2NC(=O)CC(Cl)(Cl)Cl)C1. The van der Waals surface area contributed by atoms with Crippen molar-refractivity contribution in [1.29, 1.82) is 0 Å². The lowest BCUT2D eigenvalue weighted by Crippen LogP contribution is -2.36. The molecule has 0 saturated carbocycles. The Morgan fingerprint density at radius 1 is 1.19 bits per heavy atom. The van der Waals surface area contributed by atoms with E-state index in [9.17, 15) is 22.8 Å². The van der Waals surface area contributed by atoms with Gasteiger partial charge >= 0.3 is 12.3 Å². The average molecular weight is 506 g/mol. The van der Waals surface area contributed by atoms with Gasteiger partial charge in [-0.3, -0.25) is 4.79 Å². The van der Waals surface area contributed by atoms with Crippen LogP contribution in [0.15, 0.2) is 18.2 Å². The number of ether oxygens (including phenoxy) is 2. The molecule has 1 N–H and O–H groups in total. The molecule has 0 aromatic heterocycles. The molecule has 0 bridgehead atoms. The van der Waals surface area contributed by atoms with Gasteiger partial charge < -0.3 is 19.7 Å². The highest BCUT2D eigenvalue weighted by atomic mass is 35.6. The molecule has 1 heterocycles. The van der Waals surface area contributed by atoms with Crippen LogP contribution in [-0.2, 0) is 15.7 Å². The first-order valence-corrected chi connectivity index (χ1v) is 10.4. The first-order valence-electron chi connectivity index (χ1n) is 9.26. The van der Waals surface area contributed by atoms with Crippen LogP contribution in [0.25, 0.3) is 0 Å². The number of rotatable bonds is 4. The zero-order valence-corrected chi connectivity index (χ0v) is 19.3. The van der Waals surface area contributed by atoms with Gasteiger partial charge in [0.1, 0.15) is 17.5 Å². The van der Waals surface area contributed by atoms with Gasteiger partial charge in [0.05, 0.1) is 24.2 Å². The standard InChI is InChI=1S/C19H22Cl3F3N2O4/c1-17(2,3)31-16(29)27-7-6-12(10-27)30-14-5-4-11(19(23,24)25)8-13(14)26-15(28)9-18(20,21)22/h4-5,8,12H,6-7,9-10H2,1-3H3,(H,26,28)/t12-/m1/s1. The first-order chi connectivity index (χ1) is 14.0. The van der Waals surface area contributed by atoms with E-state index in [4.69, 9.17) is 44.3 Å². The van der Waals surface area contributed by atoms with Crippen LogP contribution in [-0.4, -0.2) is 45.5 Å². The van der Waals surface area contributed by atoms with E-state index in [1.54, 1.807) is 20.8 Å². The largest absolute Gasteiger partial charge is 0.486 e. The van der Waals surface area contributed by atoms with Crippen molar-refractivity contribution in [3.8, 4) is 5.75 Å². The molecule has 2 rings (SSSR count). The second kappa shape index (κ2) is 9.50. The van der Waals surface area contributed by atoms with Gasteiger partial charge in [-0.25, -0.2) is 4.79 Å². The molecule has 31 heavy (non-hydrogen) atoms. The fraction of sp³-hybridized carbons (Fsp3) is 0.579. The van der Waals surface area contributed by atoms with E-state index in [1.165, 1.54) is 4.90 Å². The number of carbonyl (C=O) groups is 2. The highest BCUT2D eigenvalue weighted by Crippen LogP contribution is 2.37. The number of anilines is 1. The predicted octanol–water partition coefficient (Wildman–Crippen LogP) is 5.79. The summed E-state index contributed by atoms with van der Waals surface area (Å²) in [4.78, 5) is 25.7. The lowest BCUT2D eigenvalue weighted by Gasteiger charge is -2.24. The minimum Gasteiger partial charge on any atom is -0.486 e. The summed E-state index contributed by atoms with van der Waals surface area (Å²) in [5.41, 5.74) is -1.86. The lowest BCUT2D eigenvalue weighted by atomic mass is 10.1. The summed E-state index contributed by atoms with van der Waals surface area (Å²) >= 11 is 16.7. The van der Waals surface area contributed by atoms with E-state index in [2.05, 4.69) is 5.32 Å². The van der Waals surface area contributed by atoms with E-state index in [-0.39, 0.29) is 18.0 Å². The van der Waals surface area contributed by atoms with Crippen molar-refractivity contribution < 1.29 is 32.2 Å². The fourth-order valence-electron chi connectivity index (χ4n) is 2.78. The number of likely N-dealkylation sites (tertiary alicyclic amines) is 1. The molecule has 0 aliphatic carbocycles. The summed E-state index contributed by atoms with van der Waals surface area (Å²) in [6.45, 7) is 5.75. The van der Waals surface area contributed by atoms with Crippen molar-refractivity contribution in [2.24, 2.45) is 0 Å². The van der Waals surface area contributed by atoms with Crippen molar-refractivity contribution in [2.75, 3.05) is 18.4 Å². The number of hydrogen-bond acceptors (Lipinski definition) is 4. The monoisotopic (exact) mass is 504 g/mol. The summed E-state index contributed by atoms with van der Waals surface area (Å²) in [5, 5.41) is 2.30. The normalized spacial score (nSPS) is 17.5. The molecule has 0 radical (unpaired) electrons. The minimum absolute atomic E-state index is 0.00158. The van der Waals surface area contributed by atoms with Gasteiger partial charge in [-0.05, 0) is 39.0 Å². The third-order valence-electron chi connectivity index (χ3n) is 4.03. The maximum absolute atomic E-state index is 13.1. The fourth-order valence-corrected chi connectivity index (χ4v) is 3.14. The highest BCUT2D eigenvalue weighted by Gasteiger charge is 2.34. The number of amides is 2. The molecule has 1 aromatic carbocycles. The molecule has 1 saturated heterocycles. The van der Waals surface area contributed by atoms with Gasteiger partial charge in [0.25, 0.3) is 0 Å². The number of benzene rings is 1. The summed E-state index contributed by atoms with van der Waals surface area (Å²) in [6.07, 6.45) is -5.78. The topological polar surface area (TPSA) is 67.9 Å². The van der Waals surface area contributed by atoms with Crippen molar-refractivity contribution in [3.63, 3.8) is 0 Å². The Kier molecular flexibility index (Phi) is 7.87.